The van der Waals surface area contributed by atoms with Gasteiger partial charge >= 0.3 is 0 Å². The van der Waals surface area contributed by atoms with Gasteiger partial charge in [0.15, 0.2) is 5.76 Å². The highest BCUT2D eigenvalue weighted by molar-refractivity contribution is 5.94. The Kier molecular flexibility index (Phi) is 4.87. The zero-order valence-corrected chi connectivity index (χ0v) is 14.0. The van der Waals surface area contributed by atoms with Crippen molar-refractivity contribution in [3.63, 3.8) is 0 Å². The van der Waals surface area contributed by atoms with E-state index in [0.29, 0.717) is 37.6 Å². The maximum absolute atomic E-state index is 12.7. The number of rotatable bonds is 4. The molecular formula is C17H20N4O4. The molecule has 1 aliphatic rings. The molecule has 0 atom stereocenters. The lowest BCUT2D eigenvalue weighted by Gasteiger charge is -2.34. The SMILES string of the molecule is CNC(=O)Cn1cccc1C(=O)N1CCN(C(=O)c2ccco2)CC1. The molecule has 1 fully saturated rings. The van der Waals surface area contributed by atoms with Crippen molar-refractivity contribution in [3.05, 3.63) is 48.2 Å². The lowest BCUT2D eigenvalue weighted by atomic mass is 10.2. The van der Waals surface area contributed by atoms with Crippen LogP contribution in [0, 0.1) is 0 Å². The summed E-state index contributed by atoms with van der Waals surface area (Å²) in [7, 11) is 1.56. The number of carbonyl (C=O) groups excluding carboxylic acids is 3. The van der Waals surface area contributed by atoms with Crippen molar-refractivity contribution in [2.75, 3.05) is 33.2 Å². The Morgan fingerprint density at radius 2 is 1.72 bits per heavy atom. The Balaban J connectivity index is 1.61. The van der Waals surface area contributed by atoms with Gasteiger partial charge in [-0.2, -0.15) is 0 Å². The van der Waals surface area contributed by atoms with Crippen LogP contribution in [0.1, 0.15) is 21.0 Å². The Hall–Kier alpha value is -3.03. The van der Waals surface area contributed by atoms with Gasteiger partial charge in [-0.3, -0.25) is 14.4 Å². The second kappa shape index (κ2) is 7.25. The molecule has 3 rings (SSSR count). The molecule has 0 bridgehead atoms. The van der Waals surface area contributed by atoms with Gasteiger partial charge in [0.2, 0.25) is 5.91 Å². The summed E-state index contributed by atoms with van der Waals surface area (Å²) in [6, 6.07) is 6.75. The normalized spacial score (nSPS) is 14.4. The van der Waals surface area contributed by atoms with Crippen molar-refractivity contribution in [2.24, 2.45) is 0 Å². The summed E-state index contributed by atoms with van der Waals surface area (Å²) in [6.07, 6.45) is 3.17. The van der Waals surface area contributed by atoms with Gasteiger partial charge in [0, 0.05) is 39.4 Å². The van der Waals surface area contributed by atoms with E-state index in [0.717, 1.165) is 0 Å². The van der Waals surface area contributed by atoms with E-state index in [1.54, 1.807) is 51.9 Å². The number of carbonyl (C=O) groups is 3. The van der Waals surface area contributed by atoms with Crippen molar-refractivity contribution in [3.8, 4) is 0 Å². The molecule has 0 saturated carbocycles. The molecule has 1 N–H and O–H groups in total. The van der Waals surface area contributed by atoms with Crippen LogP contribution in [0.2, 0.25) is 0 Å². The van der Waals surface area contributed by atoms with E-state index in [1.165, 1.54) is 6.26 Å². The maximum atomic E-state index is 12.7. The number of likely N-dealkylation sites (N-methyl/N-ethyl adjacent to an activating group) is 1. The van der Waals surface area contributed by atoms with E-state index in [9.17, 15) is 14.4 Å². The summed E-state index contributed by atoms with van der Waals surface area (Å²) in [4.78, 5) is 39.9. The molecule has 0 aromatic carbocycles. The van der Waals surface area contributed by atoms with Crippen LogP contribution in [-0.4, -0.2) is 65.3 Å². The van der Waals surface area contributed by atoms with Crippen LogP contribution in [0.4, 0.5) is 0 Å². The van der Waals surface area contributed by atoms with E-state index in [2.05, 4.69) is 5.32 Å². The Labute approximate surface area is 145 Å². The number of amides is 3. The van der Waals surface area contributed by atoms with Crippen LogP contribution in [-0.2, 0) is 11.3 Å². The van der Waals surface area contributed by atoms with Crippen molar-refractivity contribution in [1.29, 1.82) is 0 Å². The fourth-order valence-corrected chi connectivity index (χ4v) is 2.81. The summed E-state index contributed by atoms with van der Waals surface area (Å²) in [5.74, 6) is -0.169. The van der Waals surface area contributed by atoms with Crippen LogP contribution in [0.25, 0.3) is 0 Å². The van der Waals surface area contributed by atoms with Crippen molar-refractivity contribution < 1.29 is 18.8 Å². The lowest BCUT2D eigenvalue weighted by Crippen LogP contribution is -2.50. The quantitative estimate of drug-likeness (QED) is 0.871. The predicted molar refractivity (Wildman–Crippen MR) is 89.0 cm³/mol. The Bertz CT molecular complexity index is 757. The number of nitrogens with zero attached hydrogens (tertiary/aromatic N) is 3. The third kappa shape index (κ3) is 3.57. The van der Waals surface area contributed by atoms with Gasteiger partial charge in [0.05, 0.1) is 6.26 Å². The number of nitrogens with one attached hydrogen (secondary N) is 1. The Morgan fingerprint density at radius 3 is 2.32 bits per heavy atom. The molecule has 25 heavy (non-hydrogen) atoms. The zero-order valence-electron chi connectivity index (χ0n) is 14.0. The smallest absolute Gasteiger partial charge is 0.289 e. The molecule has 2 aromatic rings. The van der Waals surface area contributed by atoms with Crippen LogP contribution in [0.3, 0.4) is 0 Å². The fraction of sp³-hybridized carbons (Fsp3) is 0.353. The second-order valence-electron chi connectivity index (χ2n) is 5.76. The van der Waals surface area contributed by atoms with Crippen LogP contribution < -0.4 is 5.32 Å². The van der Waals surface area contributed by atoms with Gasteiger partial charge in [0.1, 0.15) is 12.2 Å². The van der Waals surface area contributed by atoms with Crippen molar-refractivity contribution in [2.45, 2.75) is 6.54 Å². The molecule has 0 radical (unpaired) electrons. The average molecular weight is 344 g/mol. The molecule has 2 aromatic heterocycles. The highest BCUT2D eigenvalue weighted by Gasteiger charge is 2.27. The van der Waals surface area contributed by atoms with Crippen LogP contribution in [0.15, 0.2) is 41.1 Å². The molecule has 0 aliphatic carbocycles. The first-order valence-electron chi connectivity index (χ1n) is 8.08. The first kappa shape index (κ1) is 16.8. The molecule has 3 amide bonds. The first-order chi connectivity index (χ1) is 12.1. The summed E-state index contributed by atoms with van der Waals surface area (Å²) < 4.78 is 6.76. The van der Waals surface area contributed by atoms with Crippen LogP contribution in [0.5, 0.6) is 0 Å². The predicted octanol–water partition coefficient (Wildman–Crippen LogP) is 0.425. The van der Waals surface area contributed by atoms with Gasteiger partial charge in [-0.25, -0.2) is 0 Å². The molecule has 0 unspecified atom stereocenters. The summed E-state index contributed by atoms with van der Waals surface area (Å²) in [6.45, 7) is 1.87. The number of hydrogen-bond donors (Lipinski definition) is 1. The average Bonchev–Trinajstić information content (AvgIpc) is 3.32. The summed E-state index contributed by atoms with van der Waals surface area (Å²) >= 11 is 0. The topological polar surface area (TPSA) is 87.8 Å². The molecule has 1 saturated heterocycles. The lowest BCUT2D eigenvalue weighted by molar-refractivity contribution is -0.121. The number of furan rings is 1. The van der Waals surface area contributed by atoms with Gasteiger partial charge < -0.3 is 24.1 Å². The summed E-state index contributed by atoms with van der Waals surface area (Å²) in [5.41, 5.74) is 0.467. The van der Waals surface area contributed by atoms with E-state index in [-0.39, 0.29) is 24.3 Å². The van der Waals surface area contributed by atoms with Gasteiger partial charge in [-0.15, -0.1) is 0 Å². The van der Waals surface area contributed by atoms with E-state index in [1.807, 2.05) is 0 Å². The minimum absolute atomic E-state index is 0.0987. The maximum Gasteiger partial charge on any atom is 0.289 e. The zero-order chi connectivity index (χ0) is 17.8. The minimum Gasteiger partial charge on any atom is -0.459 e. The first-order valence-corrected chi connectivity index (χ1v) is 8.08. The standard InChI is InChI=1S/C17H20N4O4/c1-18-15(22)12-21-6-2-4-13(21)16(23)19-7-9-20(10-8-19)17(24)14-5-3-11-25-14/h2-6,11H,7-10,12H2,1H3,(H,18,22). The molecule has 132 valence electrons. The monoisotopic (exact) mass is 344 g/mol. The van der Waals surface area contributed by atoms with Gasteiger partial charge in [-0.05, 0) is 24.3 Å². The Morgan fingerprint density at radius 1 is 1.04 bits per heavy atom. The van der Waals surface area contributed by atoms with Crippen LogP contribution >= 0.6 is 0 Å². The molecule has 8 nitrogen and oxygen atoms in total. The third-order valence-corrected chi connectivity index (χ3v) is 4.23. The van der Waals surface area contributed by atoms with Gasteiger partial charge in [-0.1, -0.05) is 0 Å². The summed E-state index contributed by atoms with van der Waals surface area (Å²) in [5, 5.41) is 2.54. The number of aromatic nitrogens is 1. The third-order valence-electron chi connectivity index (χ3n) is 4.23. The van der Waals surface area contributed by atoms with E-state index >= 15 is 0 Å². The van der Waals surface area contributed by atoms with Crippen molar-refractivity contribution in [1.82, 2.24) is 19.7 Å². The highest BCUT2D eigenvalue weighted by Crippen LogP contribution is 2.13. The minimum atomic E-state index is -0.167. The van der Waals surface area contributed by atoms with E-state index < -0.39 is 0 Å². The highest BCUT2D eigenvalue weighted by atomic mass is 16.3. The molecule has 1 aliphatic heterocycles. The van der Waals surface area contributed by atoms with E-state index in [4.69, 9.17) is 4.42 Å². The van der Waals surface area contributed by atoms with Gasteiger partial charge in [0.25, 0.3) is 11.8 Å². The second-order valence-corrected chi connectivity index (χ2v) is 5.76. The molecule has 0 spiro atoms. The van der Waals surface area contributed by atoms with Crippen molar-refractivity contribution >= 4 is 17.7 Å². The largest absolute Gasteiger partial charge is 0.459 e. The fourth-order valence-electron chi connectivity index (χ4n) is 2.81. The number of hydrogen-bond acceptors (Lipinski definition) is 4. The molecule has 3 heterocycles. The molecule has 8 heteroatoms. The molecular weight excluding hydrogens is 324 g/mol. The number of piperazine rings is 1.